The topological polar surface area (TPSA) is 43.6 Å². The van der Waals surface area contributed by atoms with Crippen molar-refractivity contribution in [3.8, 4) is 11.4 Å². The summed E-state index contributed by atoms with van der Waals surface area (Å²) in [5.74, 6) is 0. The number of nitrogens with zero attached hydrogens (tertiary/aromatic N) is 4. The summed E-state index contributed by atoms with van der Waals surface area (Å²) in [5.41, 5.74) is -0.449. The van der Waals surface area contributed by atoms with Crippen LogP contribution in [0.25, 0.3) is 22.3 Å². The predicted molar refractivity (Wildman–Crippen MR) is 71.8 cm³/mol. The minimum atomic E-state index is -4.58. The van der Waals surface area contributed by atoms with Crippen molar-refractivity contribution in [1.82, 2.24) is 19.7 Å². The first-order valence-electron chi connectivity index (χ1n) is 5.90. The summed E-state index contributed by atoms with van der Waals surface area (Å²) in [6, 6.07) is 6.96. The number of halogens is 4. The van der Waals surface area contributed by atoms with Crippen molar-refractivity contribution in [2.75, 3.05) is 0 Å². The van der Waals surface area contributed by atoms with E-state index in [1.807, 2.05) is 0 Å². The molecule has 0 aliphatic heterocycles. The monoisotopic (exact) mass is 312 g/mol. The van der Waals surface area contributed by atoms with Gasteiger partial charge in [0.15, 0.2) is 0 Å². The second-order valence-electron chi connectivity index (χ2n) is 4.39. The molecule has 0 aliphatic rings. The molecule has 1 aromatic carbocycles. The first-order chi connectivity index (χ1) is 9.88. The van der Waals surface area contributed by atoms with Crippen LogP contribution in [0.4, 0.5) is 13.2 Å². The fourth-order valence-electron chi connectivity index (χ4n) is 2.14. The van der Waals surface area contributed by atoms with Gasteiger partial charge in [0.25, 0.3) is 0 Å². The number of aryl methyl sites for hydroxylation is 1. The molecule has 0 saturated carbocycles. The lowest BCUT2D eigenvalue weighted by atomic mass is 10.1. The average Bonchev–Trinajstić information content (AvgIpc) is 2.75. The summed E-state index contributed by atoms with van der Waals surface area (Å²) in [7, 11) is 1.65. The largest absolute Gasteiger partial charge is 0.420 e. The molecule has 0 saturated heterocycles. The highest BCUT2D eigenvalue weighted by atomic mass is 35.5. The number of rotatable bonds is 1. The minimum absolute atomic E-state index is 0.129. The van der Waals surface area contributed by atoms with E-state index >= 15 is 0 Å². The van der Waals surface area contributed by atoms with Gasteiger partial charge in [-0.05, 0) is 17.7 Å². The first kappa shape index (κ1) is 13.8. The van der Waals surface area contributed by atoms with Crippen LogP contribution in [0.15, 0.2) is 30.5 Å². The van der Waals surface area contributed by atoms with Gasteiger partial charge in [0, 0.05) is 18.6 Å². The smallest absolute Gasteiger partial charge is 0.267 e. The van der Waals surface area contributed by atoms with Crippen molar-refractivity contribution >= 4 is 22.5 Å². The maximum Gasteiger partial charge on any atom is 0.420 e. The van der Waals surface area contributed by atoms with Crippen LogP contribution in [-0.4, -0.2) is 19.7 Å². The van der Waals surface area contributed by atoms with Gasteiger partial charge in [0.1, 0.15) is 17.0 Å². The lowest BCUT2D eigenvalue weighted by Crippen LogP contribution is -2.10. The van der Waals surface area contributed by atoms with E-state index in [0.717, 1.165) is 0 Å². The van der Waals surface area contributed by atoms with Crippen LogP contribution in [0.5, 0.6) is 0 Å². The first-order valence-corrected chi connectivity index (χ1v) is 6.27. The molecule has 4 nitrogen and oxygen atoms in total. The molecule has 2 aromatic heterocycles. The number of para-hydroxylation sites is 1. The Kier molecular flexibility index (Phi) is 3.09. The third-order valence-electron chi connectivity index (χ3n) is 3.05. The van der Waals surface area contributed by atoms with E-state index in [1.54, 1.807) is 31.3 Å². The Morgan fingerprint density at radius 3 is 2.57 bits per heavy atom. The van der Waals surface area contributed by atoms with Gasteiger partial charge in [-0.2, -0.15) is 18.3 Å². The van der Waals surface area contributed by atoms with Crippen molar-refractivity contribution in [2.24, 2.45) is 7.05 Å². The van der Waals surface area contributed by atoms with Gasteiger partial charge in [-0.25, -0.2) is 9.97 Å². The third-order valence-corrected chi connectivity index (χ3v) is 3.23. The van der Waals surface area contributed by atoms with Gasteiger partial charge in [-0.15, -0.1) is 0 Å². The molecule has 8 heteroatoms. The molecule has 2 heterocycles. The summed E-state index contributed by atoms with van der Waals surface area (Å²) in [6.07, 6.45) is -3.91. The molecule has 108 valence electrons. The number of hydrogen-bond donors (Lipinski definition) is 0. The van der Waals surface area contributed by atoms with Gasteiger partial charge in [-0.3, -0.25) is 4.68 Å². The fraction of sp³-hybridized carbons (Fsp3) is 0.154. The fourth-order valence-corrected chi connectivity index (χ4v) is 2.27. The maximum absolute atomic E-state index is 13.1. The van der Waals surface area contributed by atoms with E-state index in [9.17, 15) is 13.2 Å². The lowest BCUT2D eigenvalue weighted by Gasteiger charge is -2.10. The van der Waals surface area contributed by atoms with E-state index < -0.39 is 11.7 Å². The zero-order valence-corrected chi connectivity index (χ0v) is 11.4. The van der Waals surface area contributed by atoms with Crippen molar-refractivity contribution in [2.45, 2.75) is 6.18 Å². The zero-order valence-electron chi connectivity index (χ0n) is 10.7. The Morgan fingerprint density at radius 2 is 1.86 bits per heavy atom. The SMILES string of the molecule is Cn1nc(-c2nc(Cl)ncc2C(F)(F)F)c2ccccc21. The molecule has 0 fully saturated rings. The van der Waals surface area contributed by atoms with Crippen molar-refractivity contribution in [1.29, 1.82) is 0 Å². The quantitative estimate of drug-likeness (QED) is 0.643. The minimum Gasteiger partial charge on any atom is -0.267 e. The van der Waals surface area contributed by atoms with Crippen molar-refractivity contribution in [3.05, 3.63) is 41.3 Å². The van der Waals surface area contributed by atoms with Gasteiger partial charge in [0.05, 0.1) is 5.52 Å². The van der Waals surface area contributed by atoms with Gasteiger partial charge >= 0.3 is 6.18 Å². The molecular formula is C13H8ClF3N4. The zero-order chi connectivity index (χ0) is 15.2. The molecule has 0 N–H and O–H groups in total. The van der Waals surface area contributed by atoms with Crippen LogP contribution in [-0.2, 0) is 13.2 Å². The van der Waals surface area contributed by atoms with Crippen LogP contribution >= 0.6 is 11.6 Å². The number of fused-ring (bicyclic) bond motifs is 1. The molecule has 21 heavy (non-hydrogen) atoms. The average molecular weight is 313 g/mol. The second-order valence-corrected chi connectivity index (χ2v) is 4.73. The maximum atomic E-state index is 13.1. The molecule has 0 atom stereocenters. The molecule has 0 amide bonds. The Balaban J connectivity index is 2.35. The van der Waals surface area contributed by atoms with E-state index in [1.165, 1.54) is 4.68 Å². The number of aromatic nitrogens is 4. The molecule has 3 aromatic rings. The standard InChI is InChI=1S/C13H8ClF3N4/c1-21-9-5-3-2-4-7(9)10(20-21)11-8(13(15,16)17)6-18-12(14)19-11/h2-6H,1H3. The summed E-state index contributed by atoms with van der Waals surface area (Å²) in [6.45, 7) is 0. The summed E-state index contributed by atoms with van der Waals surface area (Å²) >= 11 is 5.65. The highest BCUT2D eigenvalue weighted by molar-refractivity contribution is 6.28. The van der Waals surface area contributed by atoms with Gasteiger partial charge in [-0.1, -0.05) is 18.2 Å². The Hall–Kier alpha value is -2.15. The number of hydrogen-bond acceptors (Lipinski definition) is 3. The highest BCUT2D eigenvalue weighted by Crippen LogP contribution is 2.37. The second kappa shape index (κ2) is 4.70. The molecular weight excluding hydrogens is 305 g/mol. The molecule has 3 rings (SSSR count). The molecule has 0 bridgehead atoms. The lowest BCUT2D eigenvalue weighted by molar-refractivity contribution is -0.137. The predicted octanol–water partition coefficient (Wildman–Crippen LogP) is 3.70. The summed E-state index contributed by atoms with van der Waals surface area (Å²) in [5, 5.41) is 4.46. The molecule has 0 spiro atoms. The summed E-state index contributed by atoms with van der Waals surface area (Å²) in [4.78, 5) is 7.15. The van der Waals surface area contributed by atoms with Crippen LogP contribution in [0.2, 0.25) is 5.28 Å². The van der Waals surface area contributed by atoms with Crippen LogP contribution in [0.3, 0.4) is 0 Å². The van der Waals surface area contributed by atoms with E-state index in [-0.39, 0.29) is 16.7 Å². The van der Waals surface area contributed by atoms with E-state index in [0.29, 0.717) is 17.1 Å². The van der Waals surface area contributed by atoms with Crippen molar-refractivity contribution < 1.29 is 13.2 Å². The van der Waals surface area contributed by atoms with E-state index in [2.05, 4.69) is 15.1 Å². The number of alkyl halides is 3. The molecule has 0 unspecified atom stereocenters. The van der Waals surface area contributed by atoms with Crippen molar-refractivity contribution in [3.63, 3.8) is 0 Å². The third kappa shape index (κ3) is 2.33. The summed E-state index contributed by atoms with van der Waals surface area (Å²) < 4.78 is 40.8. The van der Waals surface area contributed by atoms with Crippen LogP contribution < -0.4 is 0 Å². The highest BCUT2D eigenvalue weighted by Gasteiger charge is 2.36. The Bertz CT molecular complexity index is 826. The van der Waals surface area contributed by atoms with Gasteiger partial charge in [0.2, 0.25) is 5.28 Å². The van der Waals surface area contributed by atoms with E-state index in [4.69, 9.17) is 11.6 Å². The Labute approximate surface area is 122 Å². The number of benzene rings is 1. The van der Waals surface area contributed by atoms with Crippen LogP contribution in [0.1, 0.15) is 5.56 Å². The molecule has 0 aliphatic carbocycles. The van der Waals surface area contributed by atoms with Crippen LogP contribution in [0, 0.1) is 0 Å². The van der Waals surface area contributed by atoms with Gasteiger partial charge < -0.3 is 0 Å². The molecule has 0 radical (unpaired) electrons. The Morgan fingerprint density at radius 1 is 1.14 bits per heavy atom. The normalized spacial score (nSPS) is 12.0.